The lowest BCUT2D eigenvalue weighted by molar-refractivity contribution is 0.582. The smallest absolute Gasteiger partial charge is 0.279 e. The first kappa shape index (κ1) is 13.8. The van der Waals surface area contributed by atoms with Gasteiger partial charge in [0.1, 0.15) is 17.3 Å². The Balaban J connectivity index is 2.41. The molecular formula is C10H8ClF2N3O2S. The van der Waals surface area contributed by atoms with E-state index in [1.807, 2.05) is 4.72 Å². The van der Waals surface area contributed by atoms with Gasteiger partial charge < -0.3 is 4.98 Å². The van der Waals surface area contributed by atoms with Crippen LogP contribution in [0.5, 0.6) is 0 Å². The number of imidazole rings is 1. The Hall–Kier alpha value is -1.67. The molecule has 2 aromatic rings. The number of halogens is 3. The van der Waals surface area contributed by atoms with Crippen molar-refractivity contribution in [2.45, 2.75) is 11.9 Å². The third-order valence-electron chi connectivity index (χ3n) is 2.21. The molecule has 0 saturated heterocycles. The summed E-state index contributed by atoms with van der Waals surface area (Å²) >= 11 is 5.60. The number of sulfonamides is 1. The van der Waals surface area contributed by atoms with Gasteiger partial charge in [0, 0.05) is 6.07 Å². The summed E-state index contributed by atoms with van der Waals surface area (Å²) in [6, 6.07) is 1.34. The number of benzene rings is 1. The second-order valence-corrected chi connectivity index (χ2v) is 5.74. The summed E-state index contributed by atoms with van der Waals surface area (Å²) in [5.74, 6) is -1.63. The van der Waals surface area contributed by atoms with E-state index < -0.39 is 27.3 Å². The van der Waals surface area contributed by atoms with Gasteiger partial charge in [-0.25, -0.2) is 13.8 Å². The van der Waals surface area contributed by atoms with Crippen molar-refractivity contribution in [2.24, 2.45) is 0 Å². The zero-order valence-electron chi connectivity index (χ0n) is 9.54. The molecule has 0 saturated carbocycles. The SMILES string of the molecule is Cc1ncc(S(=O)(=O)Nc2c(F)cc(F)cc2Cl)[nH]1. The van der Waals surface area contributed by atoms with Crippen LogP contribution in [0.1, 0.15) is 5.82 Å². The molecule has 0 unspecified atom stereocenters. The average Bonchev–Trinajstić information content (AvgIpc) is 2.71. The van der Waals surface area contributed by atoms with Crippen molar-refractivity contribution < 1.29 is 17.2 Å². The van der Waals surface area contributed by atoms with Crippen LogP contribution in [0, 0.1) is 18.6 Å². The van der Waals surface area contributed by atoms with Crippen molar-refractivity contribution in [1.82, 2.24) is 9.97 Å². The Morgan fingerprint density at radius 2 is 2.05 bits per heavy atom. The fourth-order valence-electron chi connectivity index (χ4n) is 1.36. The molecule has 0 aliphatic heterocycles. The molecule has 9 heteroatoms. The second-order valence-electron chi connectivity index (χ2n) is 3.68. The molecule has 0 aliphatic carbocycles. The quantitative estimate of drug-likeness (QED) is 0.914. The zero-order valence-corrected chi connectivity index (χ0v) is 11.1. The van der Waals surface area contributed by atoms with Crippen molar-refractivity contribution in [3.05, 3.63) is 40.8 Å². The minimum atomic E-state index is -4.07. The van der Waals surface area contributed by atoms with Gasteiger partial charge in [0.2, 0.25) is 0 Å². The van der Waals surface area contributed by atoms with Crippen LogP contribution in [-0.4, -0.2) is 18.4 Å². The first-order valence-electron chi connectivity index (χ1n) is 4.98. The molecule has 2 N–H and O–H groups in total. The van der Waals surface area contributed by atoms with Crippen LogP contribution in [0.15, 0.2) is 23.4 Å². The molecule has 1 aromatic carbocycles. The van der Waals surface area contributed by atoms with Gasteiger partial charge in [-0.15, -0.1) is 0 Å². The molecule has 1 aromatic heterocycles. The van der Waals surface area contributed by atoms with Crippen molar-refractivity contribution >= 4 is 27.3 Å². The number of nitrogens with one attached hydrogen (secondary N) is 2. The van der Waals surface area contributed by atoms with E-state index in [0.29, 0.717) is 11.9 Å². The molecule has 0 bridgehead atoms. The minimum absolute atomic E-state index is 0.246. The number of aromatic amines is 1. The van der Waals surface area contributed by atoms with Crippen LogP contribution in [0.25, 0.3) is 0 Å². The highest BCUT2D eigenvalue weighted by molar-refractivity contribution is 7.92. The minimum Gasteiger partial charge on any atom is -0.332 e. The van der Waals surface area contributed by atoms with Crippen molar-refractivity contribution in [2.75, 3.05) is 4.72 Å². The van der Waals surface area contributed by atoms with Crippen molar-refractivity contribution in [3.8, 4) is 0 Å². The number of aromatic nitrogens is 2. The third kappa shape index (κ3) is 2.85. The number of anilines is 1. The van der Waals surface area contributed by atoms with Crippen LogP contribution in [0.3, 0.4) is 0 Å². The molecule has 1 heterocycles. The molecule has 5 nitrogen and oxygen atoms in total. The highest BCUT2D eigenvalue weighted by Gasteiger charge is 2.21. The van der Waals surface area contributed by atoms with Crippen molar-refractivity contribution in [3.63, 3.8) is 0 Å². The van der Waals surface area contributed by atoms with Gasteiger partial charge in [-0.2, -0.15) is 8.42 Å². The predicted octanol–water partition coefficient (Wildman–Crippen LogP) is 2.45. The van der Waals surface area contributed by atoms with Crippen molar-refractivity contribution in [1.29, 1.82) is 0 Å². The van der Waals surface area contributed by atoms with E-state index in [-0.39, 0.29) is 10.0 Å². The number of rotatable bonds is 3. The number of hydrogen-bond acceptors (Lipinski definition) is 3. The number of aryl methyl sites for hydroxylation is 1. The van der Waals surface area contributed by atoms with Crippen LogP contribution < -0.4 is 4.72 Å². The Morgan fingerprint density at radius 3 is 2.58 bits per heavy atom. The normalized spacial score (nSPS) is 11.6. The summed E-state index contributed by atoms with van der Waals surface area (Å²) in [6.07, 6.45) is 1.08. The third-order valence-corrected chi connectivity index (χ3v) is 3.77. The van der Waals surface area contributed by atoms with E-state index in [9.17, 15) is 17.2 Å². The summed E-state index contributed by atoms with van der Waals surface area (Å²) in [5.41, 5.74) is -0.518. The van der Waals surface area contributed by atoms with Gasteiger partial charge in [0.15, 0.2) is 10.8 Å². The van der Waals surface area contributed by atoms with Gasteiger partial charge in [-0.1, -0.05) is 11.6 Å². The summed E-state index contributed by atoms with van der Waals surface area (Å²) < 4.78 is 52.1. The zero-order chi connectivity index (χ0) is 14.2. The summed E-state index contributed by atoms with van der Waals surface area (Å²) in [7, 11) is -4.07. The first-order valence-corrected chi connectivity index (χ1v) is 6.84. The summed E-state index contributed by atoms with van der Waals surface area (Å²) in [5, 5.41) is -0.623. The Bertz CT molecular complexity index is 707. The lowest BCUT2D eigenvalue weighted by Gasteiger charge is -2.09. The highest BCUT2D eigenvalue weighted by atomic mass is 35.5. The second kappa shape index (κ2) is 4.78. The molecule has 0 spiro atoms. The van der Waals surface area contributed by atoms with Crippen LogP contribution in [-0.2, 0) is 10.0 Å². The van der Waals surface area contributed by atoms with E-state index in [2.05, 4.69) is 9.97 Å². The first-order chi connectivity index (χ1) is 8.79. The maximum atomic E-state index is 13.5. The predicted molar refractivity (Wildman–Crippen MR) is 65.5 cm³/mol. The number of H-pyrrole nitrogens is 1. The fourth-order valence-corrected chi connectivity index (χ4v) is 2.72. The lowest BCUT2D eigenvalue weighted by Crippen LogP contribution is -2.15. The number of hydrogen-bond donors (Lipinski definition) is 2. The Kier molecular flexibility index (Phi) is 3.46. The molecule has 0 atom stereocenters. The van der Waals surface area contributed by atoms with Gasteiger partial charge in [-0.05, 0) is 13.0 Å². The topological polar surface area (TPSA) is 74.8 Å². The standard InChI is InChI=1S/C10H8ClF2N3O2S/c1-5-14-4-9(15-5)19(17,18)16-10-7(11)2-6(12)3-8(10)13/h2-4,16H,1H3,(H,14,15). The van der Waals surface area contributed by atoms with Gasteiger partial charge in [-0.3, -0.25) is 4.72 Å². The summed E-state index contributed by atoms with van der Waals surface area (Å²) in [6.45, 7) is 1.56. The van der Waals surface area contributed by atoms with E-state index in [4.69, 9.17) is 11.6 Å². The maximum Gasteiger partial charge on any atom is 0.279 e. The molecule has 0 fully saturated rings. The molecule has 102 valence electrons. The molecule has 0 radical (unpaired) electrons. The van der Waals surface area contributed by atoms with Crippen LogP contribution >= 0.6 is 11.6 Å². The Labute approximate surface area is 112 Å². The molecule has 0 aliphatic rings. The average molecular weight is 308 g/mol. The Morgan fingerprint density at radius 1 is 1.37 bits per heavy atom. The van der Waals surface area contributed by atoms with Crippen LogP contribution in [0.2, 0.25) is 5.02 Å². The highest BCUT2D eigenvalue weighted by Crippen LogP contribution is 2.28. The maximum absolute atomic E-state index is 13.5. The van der Waals surface area contributed by atoms with E-state index in [0.717, 1.165) is 12.3 Å². The fraction of sp³-hybridized carbons (Fsp3) is 0.100. The molecule has 19 heavy (non-hydrogen) atoms. The summed E-state index contributed by atoms with van der Waals surface area (Å²) in [4.78, 5) is 6.21. The largest absolute Gasteiger partial charge is 0.332 e. The van der Waals surface area contributed by atoms with E-state index >= 15 is 0 Å². The van der Waals surface area contributed by atoms with Gasteiger partial charge in [0.05, 0.1) is 11.2 Å². The van der Waals surface area contributed by atoms with E-state index in [1.54, 1.807) is 6.92 Å². The van der Waals surface area contributed by atoms with Gasteiger partial charge >= 0.3 is 0 Å². The molecule has 2 rings (SSSR count). The van der Waals surface area contributed by atoms with Gasteiger partial charge in [0.25, 0.3) is 10.0 Å². The van der Waals surface area contributed by atoms with E-state index in [1.165, 1.54) is 0 Å². The van der Waals surface area contributed by atoms with Crippen LogP contribution in [0.4, 0.5) is 14.5 Å². The lowest BCUT2D eigenvalue weighted by atomic mass is 10.3. The number of nitrogens with zero attached hydrogens (tertiary/aromatic N) is 1. The monoisotopic (exact) mass is 307 g/mol. The molecule has 0 amide bonds. The molecular weight excluding hydrogens is 300 g/mol.